The highest BCUT2D eigenvalue weighted by atomic mass is 35.5. The van der Waals surface area contributed by atoms with Crippen LogP contribution in [0, 0.1) is 0 Å². The molecule has 0 atom stereocenters. The molecule has 0 aliphatic heterocycles. The van der Waals surface area contributed by atoms with E-state index >= 15 is 0 Å². The van der Waals surface area contributed by atoms with Crippen molar-refractivity contribution < 1.29 is 4.79 Å². The van der Waals surface area contributed by atoms with Crippen LogP contribution in [0.25, 0.3) is 10.9 Å². The smallest absolute Gasteiger partial charge is 0.255 e. The first-order valence-corrected chi connectivity index (χ1v) is 7.08. The molecule has 0 radical (unpaired) electrons. The monoisotopic (exact) mass is 299 g/mol. The van der Waals surface area contributed by atoms with Gasteiger partial charge in [0.1, 0.15) is 5.15 Å². The molecule has 21 heavy (non-hydrogen) atoms. The summed E-state index contributed by atoms with van der Waals surface area (Å²) in [6, 6.07) is 11.0. The molecule has 0 fully saturated rings. The number of rotatable bonds is 3. The lowest BCUT2D eigenvalue weighted by Crippen LogP contribution is -2.12. The van der Waals surface area contributed by atoms with Gasteiger partial charge >= 0.3 is 0 Å². The van der Waals surface area contributed by atoms with Gasteiger partial charge in [0.25, 0.3) is 5.91 Å². The molecule has 0 saturated heterocycles. The first-order valence-electron chi connectivity index (χ1n) is 6.70. The van der Waals surface area contributed by atoms with Crippen molar-refractivity contribution in [1.29, 1.82) is 0 Å². The number of nitrogens with one attached hydrogen (secondary N) is 2. The Balaban J connectivity index is 1.86. The van der Waals surface area contributed by atoms with E-state index in [2.05, 4.69) is 15.3 Å². The summed E-state index contributed by atoms with van der Waals surface area (Å²) >= 11 is 5.94. The normalized spacial score (nSPS) is 10.8. The second-order valence-electron chi connectivity index (χ2n) is 4.76. The maximum Gasteiger partial charge on any atom is 0.255 e. The molecule has 0 spiro atoms. The Hall–Kier alpha value is -2.33. The van der Waals surface area contributed by atoms with Crippen LogP contribution < -0.4 is 5.32 Å². The number of fused-ring (bicyclic) bond motifs is 1. The number of aromatic amines is 1. The summed E-state index contributed by atoms with van der Waals surface area (Å²) in [5, 5.41) is 4.26. The molecule has 2 N–H and O–H groups in total. The largest absolute Gasteiger partial charge is 0.361 e. The zero-order valence-electron chi connectivity index (χ0n) is 11.5. The SMILES string of the molecule is CCc1cc(C(=O)Nc2ccc3[nH]ccc3c2)cc(Cl)n1. The van der Waals surface area contributed by atoms with Crippen molar-refractivity contribution in [2.75, 3.05) is 5.32 Å². The van der Waals surface area contributed by atoms with Crippen molar-refractivity contribution in [3.8, 4) is 0 Å². The minimum absolute atomic E-state index is 0.191. The first kappa shape index (κ1) is 13.6. The van der Waals surface area contributed by atoms with Gasteiger partial charge in [0.2, 0.25) is 0 Å². The van der Waals surface area contributed by atoms with Crippen LogP contribution in [-0.4, -0.2) is 15.9 Å². The van der Waals surface area contributed by atoms with Crippen molar-refractivity contribution >= 4 is 34.1 Å². The molecule has 0 saturated carbocycles. The van der Waals surface area contributed by atoms with Crippen LogP contribution in [0.5, 0.6) is 0 Å². The maximum atomic E-state index is 12.3. The summed E-state index contributed by atoms with van der Waals surface area (Å²) in [5.41, 5.74) is 3.10. The number of benzene rings is 1. The minimum Gasteiger partial charge on any atom is -0.361 e. The standard InChI is InChI=1S/C16H14ClN3O/c1-2-12-8-11(9-15(17)19-12)16(21)20-13-3-4-14-10(7-13)5-6-18-14/h3-9,18H,2H2,1H3,(H,20,21). The Labute approximate surface area is 127 Å². The summed E-state index contributed by atoms with van der Waals surface area (Å²) < 4.78 is 0. The van der Waals surface area contributed by atoms with Gasteiger partial charge in [-0.25, -0.2) is 4.98 Å². The molecule has 0 bridgehead atoms. The predicted octanol–water partition coefficient (Wildman–Crippen LogP) is 4.03. The third kappa shape index (κ3) is 2.90. The number of amides is 1. The molecule has 5 heteroatoms. The van der Waals surface area contributed by atoms with Gasteiger partial charge in [0.15, 0.2) is 0 Å². The Morgan fingerprint density at radius 2 is 2.14 bits per heavy atom. The van der Waals surface area contributed by atoms with Crippen LogP contribution >= 0.6 is 11.6 Å². The molecule has 0 aliphatic carbocycles. The highest BCUT2D eigenvalue weighted by molar-refractivity contribution is 6.29. The molecule has 0 aliphatic rings. The molecular formula is C16H14ClN3O. The molecule has 4 nitrogen and oxygen atoms in total. The average Bonchev–Trinajstić information content (AvgIpc) is 2.94. The molecule has 0 unspecified atom stereocenters. The van der Waals surface area contributed by atoms with Crippen molar-refractivity contribution in [3.63, 3.8) is 0 Å². The van der Waals surface area contributed by atoms with Crippen molar-refractivity contribution in [2.45, 2.75) is 13.3 Å². The van der Waals surface area contributed by atoms with E-state index in [0.29, 0.717) is 10.7 Å². The van der Waals surface area contributed by atoms with Crippen LogP contribution in [0.2, 0.25) is 5.15 Å². The Morgan fingerprint density at radius 3 is 2.95 bits per heavy atom. The number of hydrogen-bond acceptors (Lipinski definition) is 2. The number of aryl methyl sites for hydroxylation is 1. The first-order chi connectivity index (χ1) is 10.2. The number of anilines is 1. The van der Waals surface area contributed by atoms with Gasteiger partial charge in [-0.3, -0.25) is 4.79 Å². The van der Waals surface area contributed by atoms with Gasteiger partial charge in [-0.15, -0.1) is 0 Å². The van der Waals surface area contributed by atoms with E-state index < -0.39 is 0 Å². The number of carbonyl (C=O) groups is 1. The number of H-pyrrole nitrogens is 1. The second-order valence-corrected chi connectivity index (χ2v) is 5.14. The molecule has 2 heterocycles. The van der Waals surface area contributed by atoms with Gasteiger partial charge in [-0.2, -0.15) is 0 Å². The van der Waals surface area contributed by atoms with Crippen LogP contribution in [0.4, 0.5) is 5.69 Å². The summed E-state index contributed by atoms with van der Waals surface area (Å²) in [4.78, 5) is 19.6. The number of aromatic nitrogens is 2. The van der Waals surface area contributed by atoms with Crippen molar-refractivity contribution in [1.82, 2.24) is 9.97 Å². The van der Waals surface area contributed by atoms with Crippen molar-refractivity contribution in [2.24, 2.45) is 0 Å². The summed E-state index contributed by atoms with van der Waals surface area (Å²) in [6.45, 7) is 1.97. The zero-order chi connectivity index (χ0) is 14.8. The lowest BCUT2D eigenvalue weighted by Gasteiger charge is -2.07. The van der Waals surface area contributed by atoms with E-state index in [1.165, 1.54) is 0 Å². The van der Waals surface area contributed by atoms with Gasteiger partial charge in [-0.1, -0.05) is 18.5 Å². The van der Waals surface area contributed by atoms with E-state index in [4.69, 9.17) is 11.6 Å². The van der Waals surface area contributed by atoms with Crippen LogP contribution in [0.3, 0.4) is 0 Å². The Bertz CT molecular complexity index is 810. The van der Waals surface area contributed by atoms with Crippen LogP contribution in [0.15, 0.2) is 42.6 Å². The molecule has 1 amide bonds. The summed E-state index contributed by atoms with van der Waals surface area (Å²) in [7, 11) is 0. The third-order valence-corrected chi connectivity index (χ3v) is 3.48. The Morgan fingerprint density at radius 1 is 1.29 bits per heavy atom. The maximum absolute atomic E-state index is 12.3. The summed E-state index contributed by atoms with van der Waals surface area (Å²) in [6.07, 6.45) is 2.60. The molecular weight excluding hydrogens is 286 g/mol. The number of halogens is 1. The predicted molar refractivity (Wildman–Crippen MR) is 84.9 cm³/mol. The minimum atomic E-state index is -0.191. The Kier molecular flexibility index (Phi) is 3.62. The van der Waals surface area contributed by atoms with Gasteiger partial charge in [-0.05, 0) is 42.8 Å². The lowest BCUT2D eigenvalue weighted by atomic mass is 10.1. The molecule has 1 aromatic carbocycles. The molecule has 3 aromatic rings. The highest BCUT2D eigenvalue weighted by Crippen LogP contribution is 2.19. The molecule has 2 aromatic heterocycles. The topological polar surface area (TPSA) is 57.8 Å². The van der Waals surface area contributed by atoms with Gasteiger partial charge < -0.3 is 10.3 Å². The van der Waals surface area contributed by atoms with Crippen molar-refractivity contribution in [3.05, 3.63) is 59.0 Å². The second kappa shape index (κ2) is 5.58. The quantitative estimate of drug-likeness (QED) is 0.717. The van der Waals surface area contributed by atoms with Crippen LogP contribution in [0.1, 0.15) is 23.0 Å². The van der Waals surface area contributed by atoms with E-state index in [0.717, 1.165) is 28.7 Å². The van der Waals surface area contributed by atoms with Gasteiger partial charge in [0, 0.05) is 34.0 Å². The number of carbonyl (C=O) groups excluding carboxylic acids is 1. The average molecular weight is 300 g/mol. The summed E-state index contributed by atoms with van der Waals surface area (Å²) in [5.74, 6) is -0.191. The van der Waals surface area contributed by atoms with E-state index in [-0.39, 0.29) is 5.91 Å². The zero-order valence-corrected chi connectivity index (χ0v) is 12.2. The van der Waals surface area contributed by atoms with Crippen LogP contribution in [-0.2, 0) is 6.42 Å². The van der Waals surface area contributed by atoms with Gasteiger partial charge in [0.05, 0.1) is 0 Å². The lowest BCUT2D eigenvalue weighted by molar-refractivity contribution is 0.102. The molecule has 106 valence electrons. The number of nitrogens with zero attached hydrogens (tertiary/aromatic N) is 1. The van der Waals surface area contributed by atoms with E-state index in [1.807, 2.05) is 37.4 Å². The fourth-order valence-electron chi connectivity index (χ4n) is 2.20. The fraction of sp³-hybridized carbons (Fsp3) is 0.125. The third-order valence-electron chi connectivity index (χ3n) is 3.28. The van der Waals surface area contributed by atoms with E-state index in [1.54, 1.807) is 12.1 Å². The number of pyridine rings is 1. The van der Waals surface area contributed by atoms with E-state index in [9.17, 15) is 4.79 Å². The molecule has 3 rings (SSSR count). The highest BCUT2D eigenvalue weighted by Gasteiger charge is 2.09. The number of hydrogen-bond donors (Lipinski definition) is 2. The fourth-order valence-corrected chi connectivity index (χ4v) is 2.42.